The van der Waals surface area contributed by atoms with Crippen LogP contribution in [-0.4, -0.2) is 31.8 Å². The van der Waals surface area contributed by atoms with Crippen LogP contribution in [0.1, 0.15) is 25.1 Å². The highest BCUT2D eigenvalue weighted by molar-refractivity contribution is 5.79. The van der Waals surface area contributed by atoms with E-state index in [-0.39, 0.29) is 5.91 Å². The quantitative estimate of drug-likeness (QED) is 0.828. The smallest absolute Gasteiger partial charge is 0.354 e. The van der Waals surface area contributed by atoms with E-state index in [0.29, 0.717) is 19.5 Å². The summed E-state index contributed by atoms with van der Waals surface area (Å²) in [5.41, 5.74) is -1.01. The summed E-state index contributed by atoms with van der Waals surface area (Å²) in [6.45, 7) is 2.63. The first kappa shape index (κ1) is 16.1. The van der Waals surface area contributed by atoms with Crippen LogP contribution in [0.2, 0.25) is 0 Å². The molecule has 0 unspecified atom stereocenters. The zero-order chi connectivity index (χ0) is 16.2. The van der Waals surface area contributed by atoms with Gasteiger partial charge in [0.2, 0.25) is 5.91 Å². The molecule has 6 nitrogen and oxygen atoms in total. The highest BCUT2D eigenvalue weighted by Crippen LogP contribution is 2.27. The van der Waals surface area contributed by atoms with Gasteiger partial charge in [0.15, 0.2) is 5.69 Å². The molecule has 0 radical (unpaired) electrons. The van der Waals surface area contributed by atoms with E-state index >= 15 is 0 Å². The second kappa shape index (κ2) is 6.63. The van der Waals surface area contributed by atoms with Gasteiger partial charge in [0.05, 0.1) is 6.33 Å². The number of hydrogen-bond acceptors (Lipinski definition) is 3. The minimum atomic E-state index is -4.51. The molecule has 2 heterocycles. The van der Waals surface area contributed by atoms with E-state index < -0.39 is 17.9 Å². The maximum atomic E-state index is 12.5. The number of nitrogens with one attached hydrogen (secondary N) is 1. The summed E-state index contributed by atoms with van der Waals surface area (Å²) >= 11 is 0. The van der Waals surface area contributed by atoms with Crippen LogP contribution in [-0.2, 0) is 17.5 Å². The number of hydrogen-bond donors (Lipinski definition) is 1. The summed E-state index contributed by atoms with van der Waals surface area (Å²) in [7, 11) is 0. The number of imidazole rings is 1. The van der Waals surface area contributed by atoms with E-state index in [9.17, 15) is 18.0 Å². The van der Waals surface area contributed by atoms with Gasteiger partial charge in [-0.3, -0.25) is 9.48 Å². The molecule has 1 atom stereocenters. The molecule has 0 aliphatic carbocycles. The van der Waals surface area contributed by atoms with Gasteiger partial charge >= 0.3 is 6.18 Å². The third-order valence-electron chi connectivity index (χ3n) is 3.13. The molecule has 2 aromatic rings. The van der Waals surface area contributed by atoms with E-state index in [2.05, 4.69) is 15.4 Å². The largest absolute Gasteiger partial charge is 0.435 e. The number of amides is 1. The third kappa shape index (κ3) is 4.09. The number of carbonyl (C=O) groups is 1. The molecule has 9 heteroatoms. The molecular formula is C13H16F3N5O. The number of aromatic nitrogens is 4. The van der Waals surface area contributed by atoms with Gasteiger partial charge in [-0.15, -0.1) is 0 Å². The van der Waals surface area contributed by atoms with Gasteiger partial charge in [-0.25, -0.2) is 4.98 Å². The maximum absolute atomic E-state index is 12.5. The predicted molar refractivity (Wildman–Crippen MR) is 71.8 cm³/mol. The lowest BCUT2D eigenvalue weighted by Gasteiger charge is -2.13. The van der Waals surface area contributed by atoms with Crippen molar-refractivity contribution in [3.8, 4) is 0 Å². The minimum absolute atomic E-state index is 0.373. The summed E-state index contributed by atoms with van der Waals surface area (Å²) in [4.78, 5) is 15.8. The van der Waals surface area contributed by atoms with Gasteiger partial charge in [0.1, 0.15) is 6.04 Å². The van der Waals surface area contributed by atoms with Crippen LogP contribution in [0.3, 0.4) is 0 Å². The van der Waals surface area contributed by atoms with Gasteiger partial charge in [0.25, 0.3) is 0 Å². The van der Waals surface area contributed by atoms with Crippen LogP contribution in [0.4, 0.5) is 13.2 Å². The van der Waals surface area contributed by atoms with Gasteiger partial charge in [-0.1, -0.05) is 0 Å². The number of nitrogens with zero attached hydrogens (tertiary/aromatic N) is 4. The molecule has 0 aliphatic heterocycles. The number of alkyl halides is 3. The first-order valence-electron chi connectivity index (χ1n) is 6.74. The monoisotopic (exact) mass is 315 g/mol. The second-order valence-electron chi connectivity index (χ2n) is 4.80. The van der Waals surface area contributed by atoms with E-state index in [1.165, 1.54) is 6.92 Å². The fraction of sp³-hybridized carbons (Fsp3) is 0.462. The Morgan fingerprint density at radius 3 is 2.77 bits per heavy atom. The van der Waals surface area contributed by atoms with Crippen LogP contribution in [0.25, 0.3) is 0 Å². The van der Waals surface area contributed by atoms with Crippen molar-refractivity contribution in [2.24, 2.45) is 0 Å². The summed E-state index contributed by atoms with van der Waals surface area (Å²) < 4.78 is 40.3. The van der Waals surface area contributed by atoms with Crippen LogP contribution < -0.4 is 5.32 Å². The molecule has 1 N–H and O–H groups in total. The molecule has 0 saturated carbocycles. The zero-order valence-corrected chi connectivity index (χ0v) is 11.9. The molecular weight excluding hydrogens is 299 g/mol. The van der Waals surface area contributed by atoms with Crippen molar-refractivity contribution in [3.05, 3.63) is 36.7 Å². The fourth-order valence-corrected chi connectivity index (χ4v) is 1.86. The average Bonchev–Trinajstić information content (AvgIpc) is 3.12. The zero-order valence-electron chi connectivity index (χ0n) is 11.9. The molecule has 1 amide bonds. The van der Waals surface area contributed by atoms with Gasteiger partial charge in [-0.2, -0.15) is 18.3 Å². The number of aryl methyl sites for hydroxylation is 1. The van der Waals surface area contributed by atoms with E-state index in [1.54, 1.807) is 12.5 Å². The van der Waals surface area contributed by atoms with E-state index in [1.807, 2.05) is 10.8 Å². The lowest BCUT2D eigenvalue weighted by Crippen LogP contribution is -2.32. The van der Waals surface area contributed by atoms with Crippen molar-refractivity contribution in [1.82, 2.24) is 24.6 Å². The first-order valence-corrected chi connectivity index (χ1v) is 6.74. The predicted octanol–water partition coefficient (Wildman–Crippen LogP) is 1.87. The number of halogens is 3. The van der Waals surface area contributed by atoms with Crippen molar-refractivity contribution in [3.63, 3.8) is 0 Å². The lowest BCUT2D eigenvalue weighted by atomic mass is 10.3. The molecule has 0 fully saturated rings. The van der Waals surface area contributed by atoms with Crippen molar-refractivity contribution in [1.29, 1.82) is 0 Å². The molecule has 2 aromatic heterocycles. The summed E-state index contributed by atoms with van der Waals surface area (Å²) in [5, 5.41) is 6.07. The molecule has 0 saturated heterocycles. The summed E-state index contributed by atoms with van der Waals surface area (Å²) in [5.74, 6) is -0.373. The molecule has 0 aliphatic rings. The average molecular weight is 315 g/mol. The molecule has 22 heavy (non-hydrogen) atoms. The Balaban J connectivity index is 1.80. The minimum Gasteiger partial charge on any atom is -0.354 e. The van der Waals surface area contributed by atoms with Gasteiger partial charge in [-0.05, 0) is 19.4 Å². The highest BCUT2D eigenvalue weighted by atomic mass is 19.4. The molecule has 0 aromatic carbocycles. The van der Waals surface area contributed by atoms with Crippen LogP contribution in [0, 0.1) is 0 Å². The SMILES string of the molecule is C[C@H](C(=O)NCCCn1ccnc1)n1ccc(C(F)(F)F)n1. The van der Waals surface area contributed by atoms with Crippen molar-refractivity contribution < 1.29 is 18.0 Å². The standard InChI is InChI=1S/C13H16F3N5O/c1-10(21-7-3-11(19-21)13(14,15)16)12(22)18-4-2-6-20-8-5-17-9-20/h3,5,7-10H,2,4,6H2,1H3,(H,18,22)/t10-/m1/s1. The maximum Gasteiger partial charge on any atom is 0.435 e. The Hall–Kier alpha value is -2.32. The molecule has 0 spiro atoms. The number of rotatable bonds is 6. The lowest BCUT2D eigenvalue weighted by molar-refractivity contribution is -0.142. The van der Waals surface area contributed by atoms with E-state index in [4.69, 9.17) is 0 Å². The van der Waals surface area contributed by atoms with Crippen molar-refractivity contribution >= 4 is 5.91 Å². The Morgan fingerprint density at radius 1 is 1.41 bits per heavy atom. The van der Waals surface area contributed by atoms with Crippen molar-refractivity contribution in [2.75, 3.05) is 6.54 Å². The molecule has 0 bridgehead atoms. The third-order valence-corrected chi connectivity index (χ3v) is 3.13. The topological polar surface area (TPSA) is 64.7 Å². The fourth-order valence-electron chi connectivity index (χ4n) is 1.86. The molecule has 2 rings (SSSR count). The van der Waals surface area contributed by atoms with Crippen LogP contribution in [0.5, 0.6) is 0 Å². The Labute approximate surface area is 124 Å². The van der Waals surface area contributed by atoms with Crippen LogP contribution in [0.15, 0.2) is 31.0 Å². The Bertz CT molecular complexity index is 605. The Kier molecular flexibility index (Phi) is 4.84. The van der Waals surface area contributed by atoms with Crippen molar-refractivity contribution in [2.45, 2.75) is 32.1 Å². The summed E-state index contributed by atoms with van der Waals surface area (Å²) in [6.07, 6.45) is 2.49. The summed E-state index contributed by atoms with van der Waals surface area (Å²) in [6, 6.07) is 0.0485. The molecule has 120 valence electrons. The van der Waals surface area contributed by atoms with Gasteiger partial charge < -0.3 is 9.88 Å². The highest BCUT2D eigenvalue weighted by Gasteiger charge is 2.34. The van der Waals surface area contributed by atoms with E-state index in [0.717, 1.165) is 16.9 Å². The van der Waals surface area contributed by atoms with Crippen LogP contribution >= 0.6 is 0 Å². The number of carbonyl (C=O) groups excluding carboxylic acids is 1. The van der Waals surface area contributed by atoms with Gasteiger partial charge in [0, 0.05) is 31.7 Å². The Morgan fingerprint density at radius 2 is 2.18 bits per heavy atom. The normalized spacial score (nSPS) is 13.1. The second-order valence-corrected chi connectivity index (χ2v) is 4.80. The first-order chi connectivity index (χ1) is 10.4.